The van der Waals surface area contributed by atoms with E-state index in [1.807, 2.05) is 54.6 Å². The Kier molecular flexibility index (Phi) is 6.81. The van der Waals surface area contributed by atoms with E-state index in [0.29, 0.717) is 24.1 Å². The van der Waals surface area contributed by atoms with Gasteiger partial charge in [0.05, 0.1) is 0 Å². The number of para-hydroxylation sites is 1. The highest BCUT2D eigenvalue weighted by molar-refractivity contribution is 6.06. The normalized spacial score (nSPS) is 12.0. The molecule has 0 N–H and O–H groups in total. The quantitative estimate of drug-likeness (QED) is 0.185. The molecule has 1 aliphatic heterocycles. The van der Waals surface area contributed by atoms with Gasteiger partial charge >= 0.3 is 0 Å². The lowest BCUT2D eigenvalue weighted by atomic mass is 9.89. The summed E-state index contributed by atoms with van der Waals surface area (Å²) < 4.78 is 12.5. The predicted molar refractivity (Wildman–Crippen MR) is 204 cm³/mol. The Bertz CT molecular complexity index is 2740. The molecule has 0 saturated carbocycles. The summed E-state index contributed by atoms with van der Waals surface area (Å²) >= 11 is 0. The lowest BCUT2D eigenvalue weighted by molar-refractivity contribution is 0.302. The Labute approximate surface area is 294 Å². The molecule has 10 rings (SSSR count). The SMILES string of the molecule is c1ccc(-c2ccc(-c3nc(-c4ccccc4)nc(-c4cccc5c4-c4cc(-c6ccc7c(c6)oc6ccccc67)ccc4OC5)n3)cc2)cc1. The van der Waals surface area contributed by atoms with E-state index in [-0.39, 0.29) is 0 Å². The molecular weight excluding hydrogens is 627 g/mol. The highest BCUT2D eigenvalue weighted by atomic mass is 16.5. The highest BCUT2D eigenvalue weighted by Crippen LogP contribution is 2.45. The molecule has 5 heteroatoms. The first kappa shape index (κ1) is 29.1. The molecule has 0 spiro atoms. The molecule has 0 unspecified atom stereocenters. The molecular formula is C46H29N3O2. The van der Waals surface area contributed by atoms with Gasteiger partial charge in [-0.1, -0.05) is 133 Å². The maximum Gasteiger partial charge on any atom is 0.164 e. The molecule has 9 aromatic rings. The van der Waals surface area contributed by atoms with Crippen LogP contribution in [0.15, 0.2) is 168 Å². The molecule has 0 aliphatic carbocycles. The Morgan fingerprint density at radius 2 is 0.980 bits per heavy atom. The summed E-state index contributed by atoms with van der Waals surface area (Å²) in [6.07, 6.45) is 0. The summed E-state index contributed by atoms with van der Waals surface area (Å²) in [7, 11) is 0. The maximum atomic E-state index is 6.30. The van der Waals surface area contributed by atoms with E-state index in [0.717, 1.165) is 77.8 Å². The van der Waals surface area contributed by atoms with Crippen LogP contribution in [-0.2, 0) is 6.61 Å². The summed E-state index contributed by atoms with van der Waals surface area (Å²) in [4.78, 5) is 15.2. The van der Waals surface area contributed by atoms with Crippen LogP contribution in [0.1, 0.15) is 5.56 Å². The van der Waals surface area contributed by atoms with Gasteiger partial charge in [0.15, 0.2) is 17.5 Å². The summed E-state index contributed by atoms with van der Waals surface area (Å²) in [5.74, 6) is 2.69. The van der Waals surface area contributed by atoms with Gasteiger partial charge in [-0.15, -0.1) is 0 Å². The zero-order valence-corrected chi connectivity index (χ0v) is 27.5. The molecule has 0 saturated heterocycles. The number of nitrogens with zero attached hydrogens (tertiary/aromatic N) is 3. The second-order valence-corrected chi connectivity index (χ2v) is 12.8. The van der Waals surface area contributed by atoms with E-state index in [1.165, 1.54) is 5.56 Å². The fourth-order valence-corrected chi connectivity index (χ4v) is 7.10. The van der Waals surface area contributed by atoms with Crippen LogP contribution in [0.25, 0.3) is 89.5 Å². The van der Waals surface area contributed by atoms with Crippen molar-refractivity contribution in [2.24, 2.45) is 0 Å². The first-order valence-corrected chi connectivity index (χ1v) is 17.0. The summed E-state index contributed by atoms with van der Waals surface area (Å²) in [6, 6.07) is 56.2. The lowest BCUT2D eigenvalue weighted by Crippen LogP contribution is -2.08. The van der Waals surface area contributed by atoms with Gasteiger partial charge in [0.25, 0.3) is 0 Å². The van der Waals surface area contributed by atoms with Crippen molar-refractivity contribution in [3.63, 3.8) is 0 Å². The van der Waals surface area contributed by atoms with E-state index in [4.69, 9.17) is 24.1 Å². The summed E-state index contributed by atoms with van der Waals surface area (Å²) in [5.41, 5.74) is 12.2. The van der Waals surface area contributed by atoms with Gasteiger partial charge in [0.2, 0.25) is 0 Å². The molecule has 3 heterocycles. The monoisotopic (exact) mass is 655 g/mol. The van der Waals surface area contributed by atoms with Crippen LogP contribution in [0.3, 0.4) is 0 Å². The van der Waals surface area contributed by atoms with Crippen LogP contribution >= 0.6 is 0 Å². The predicted octanol–water partition coefficient (Wildman–Crippen LogP) is 11.7. The first-order chi connectivity index (χ1) is 25.2. The van der Waals surface area contributed by atoms with Crippen molar-refractivity contribution in [2.45, 2.75) is 6.61 Å². The van der Waals surface area contributed by atoms with Crippen molar-refractivity contribution in [1.29, 1.82) is 0 Å². The average molecular weight is 656 g/mol. The van der Waals surface area contributed by atoms with Crippen molar-refractivity contribution in [3.8, 4) is 73.3 Å². The highest BCUT2D eigenvalue weighted by Gasteiger charge is 2.24. The van der Waals surface area contributed by atoms with Crippen LogP contribution in [-0.4, -0.2) is 15.0 Å². The first-order valence-electron chi connectivity index (χ1n) is 17.0. The summed E-state index contributed by atoms with van der Waals surface area (Å²) in [6.45, 7) is 0.463. The standard InChI is InChI=1S/C46H29N3O2/c1-3-10-29(11-4-1)30-18-20-32(21-19-30)45-47-44(31-12-5-2-6-13-31)48-46(49-45)38-16-9-14-35-28-50-40-25-23-33(26-39(40)43(35)38)34-22-24-37-36-15-7-8-17-41(36)51-42(37)27-34/h1-27H,28H2. The number of rotatable bonds is 5. The van der Waals surface area contributed by atoms with Crippen LogP contribution in [0, 0.1) is 0 Å². The second kappa shape index (κ2) is 11.9. The average Bonchev–Trinajstić information content (AvgIpc) is 3.59. The Balaban J connectivity index is 1.11. The maximum absolute atomic E-state index is 6.30. The van der Waals surface area contributed by atoms with Gasteiger partial charge in [-0.2, -0.15) is 0 Å². The van der Waals surface area contributed by atoms with Crippen molar-refractivity contribution in [1.82, 2.24) is 15.0 Å². The van der Waals surface area contributed by atoms with E-state index in [9.17, 15) is 0 Å². The third kappa shape index (κ3) is 5.15. The number of fused-ring (bicyclic) bond motifs is 6. The number of hydrogen-bond acceptors (Lipinski definition) is 5. The number of hydrogen-bond donors (Lipinski definition) is 0. The van der Waals surface area contributed by atoms with Crippen LogP contribution in [0.5, 0.6) is 5.75 Å². The largest absolute Gasteiger partial charge is 0.488 e. The van der Waals surface area contributed by atoms with Gasteiger partial charge in [-0.05, 0) is 58.1 Å². The van der Waals surface area contributed by atoms with Gasteiger partial charge in [0.1, 0.15) is 23.5 Å². The fraction of sp³-hybridized carbons (Fsp3) is 0.0217. The minimum atomic E-state index is 0.463. The van der Waals surface area contributed by atoms with Crippen LogP contribution in [0.2, 0.25) is 0 Å². The zero-order chi connectivity index (χ0) is 33.7. The minimum Gasteiger partial charge on any atom is -0.488 e. The number of aromatic nitrogens is 3. The number of benzene rings is 7. The molecule has 0 amide bonds. The van der Waals surface area contributed by atoms with Crippen molar-refractivity contribution in [2.75, 3.05) is 0 Å². The fourth-order valence-electron chi connectivity index (χ4n) is 7.10. The smallest absolute Gasteiger partial charge is 0.164 e. The van der Waals surface area contributed by atoms with Gasteiger partial charge in [-0.3, -0.25) is 0 Å². The molecule has 2 aromatic heterocycles. The summed E-state index contributed by atoms with van der Waals surface area (Å²) in [5, 5.41) is 2.23. The second-order valence-electron chi connectivity index (χ2n) is 12.8. The number of ether oxygens (including phenoxy) is 1. The molecule has 1 aliphatic rings. The van der Waals surface area contributed by atoms with Crippen molar-refractivity contribution < 1.29 is 9.15 Å². The molecule has 51 heavy (non-hydrogen) atoms. The minimum absolute atomic E-state index is 0.463. The molecule has 0 radical (unpaired) electrons. The zero-order valence-electron chi connectivity index (χ0n) is 27.5. The Hall–Kier alpha value is -6.85. The molecule has 5 nitrogen and oxygen atoms in total. The Morgan fingerprint density at radius 1 is 0.392 bits per heavy atom. The number of furan rings is 1. The molecule has 0 atom stereocenters. The van der Waals surface area contributed by atoms with E-state index in [2.05, 4.69) is 109 Å². The van der Waals surface area contributed by atoms with E-state index in [1.54, 1.807) is 0 Å². The third-order valence-corrected chi connectivity index (χ3v) is 9.65. The Morgan fingerprint density at radius 3 is 1.78 bits per heavy atom. The topological polar surface area (TPSA) is 61.0 Å². The van der Waals surface area contributed by atoms with Crippen LogP contribution < -0.4 is 4.74 Å². The lowest BCUT2D eigenvalue weighted by Gasteiger charge is -2.24. The van der Waals surface area contributed by atoms with Gasteiger partial charge in [0, 0.05) is 38.6 Å². The third-order valence-electron chi connectivity index (χ3n) is 9.65. The van der Waals surface area contributed by atoms with Crippen molar-refractivity contribution in [3.05, 3.63) is 169 Å². The van der Waals surface area contributed by atoms with E-state index >= 15 is 0 Å². The molecule has 240 valence electrons. The van der Waals surface area contributed by atoms with Gasteiger partial charge in [-0.25, -0.2) is 15.0 Å². The van der Waals surface area contributed by atoms with Crippen molar-refractivity contribution >= 4 is 21.9 Å². The van der Waals surface area contributed by atoms with Crippen LogP contribution in [0.4, 0.5) is 0 Å². The molecule has 7 aromatic carbocycles. The molecule has 0 bridgehead atoms. The molecule has 0 fully saturated rings. The van der Waals surface area contributed by atoms with Gasteiger partial charge < -0.3 is 9.15 Å². The van der Waals surface area contributed by atoms with E-state index < -0.39 is 0 Å².